The molecule has 0 amide bonds. The van der Waals surface area contributed by atoms with Gasteiger partial charge < -0.3 is 0 Å². The molecule has 122 valence electrons. The molecule has 23 heavy (non-hydrogen) atoms. The molecule has 0 N–H and O–H groups in total. The van der Waals surface area contributed by atoms with E-state index in [0.717, 1.165) is 24.8 Å². The van der Waals surface area contributed by atoms with Crippen LogP contribution in [0.5, 0.6) is 0 Å². The molecular formula is C19H23NO2S. The normalized spacial score (nSPS) is 19.1. The van der Waals surface area contributed by atoms with Crippen LogP contribution in [0, 0.1) is 13.8 Å². The van der Waals surface area contributed by atoms with E-state index in [0.29, 0.717) is 11.4 Å². The minimum Gasteiger partial charge on any atom is -0.207 e. The average molecular weight is 329 g/mol. The van der Waals surface area contributed by atoms with Crippen LogP contribution in [0.2, 0.25) is 0 Å². The van der Waals surface area contributed by atoms with Gasteiger partial charge >= 0.3 is 0 Å². The molecule has 0 saturated carbocycles. The summed E-state index contributed by atoms with van der Waals surface area (Å²) < 4.78 is 27.6. The fraction of sp³-hybridized carbons (Fsp3) is 0.368. The number of benzene rings is 2. The van der Waals surface area contributed by atoms with E-state index in [2.05, 4.69) is 31.2 Å². The lowest BCUT2D eigenvalue weighted by Crippen LogP contribution is -2.36. The molecule has 2 aromatic rings. The van der Waals surface area contributed by atoms with Gasteiger partial charge in [-0.3, -0.25) is 0 Å². The zero-order chi connectivity index (χ0) is 16.4. The van der Waals surface area contributed by atoms with Crippen molar-refractivity contribution in [3.8, 4) is 0 Å². The van der Waals surface area contributed by atoms with Gasteiger partial charge in [-0.2, -0.15) is 4.31 Å². The van der Waals surface area contributed by atoms with Crippen molar-refractivity contribution < 1.29 is 8.42 Å². The molecule has 1 saturated heterocycles. The Hall–Kier alpha value is -1.65. The van der Waals surface area contributed by atoms with Crippen molar-refractivity contribution in [1.82, 2.24) is 4.31 Å². The SMILES string of the molecule is Cc1ccc(CC2CCCN2S(=O)(=O)c2cccc(C)c2)cc1. The van der Waals surface area contributed by atoms with Gasteiger partial charge in [-0.1, -0.05) is 42.0 Å². The lowest BCUT2D eigenvalue weighted by Gasteiger charge is -2.24. The second kappa shape index (κ2) is 6.46. The molecule has 3 nitrogen and oxygen atoms in total. The molecule has 3 rings (SSSR count). The molecule has 1 atom stereocenters. The molecule has 0 radical (unpaired) electrons. The third kappa shape index (κ3) is 3.48. The van der Waals surface area contributed by atoms with Crippen LogP contribution < -0.4 is 0 Å². The smallest absolute Gasteiger partial charge is 0.207 e. The molecule has 0 bridgehead atoms. The largest absolute Gasteiger partial charge is 0.243 e. The highest BCUT2D eigenvalue weighted by atomic mass is 32.2. The van der Waals surface area contributed by atoms with Crippen LogP contribution in [0.25, 0.3) is 0 Å². The van der Waals surface area contributed by atoms with Gasteiger partial charge in [0.15, 0.2) is 0 Å². The van der Waals surface area contributed by atoms with Crippen molar-refractivity contribution in [3.05, 3.63) is 65.2 Å². The molecule has 4 heteroatoms. The number of aryl methyl sites for hydroxylation is 2. The number of nitrogens with zero attached hydrogens (tertiary/aromatic N) is 1. The van der Waals surface area contributed by atoms with Crippen LogP contribution in [0.4, 0.5) is 0 Å². The molecule has 0 aromatic heterocycles. The highest BCUT2D eigenvalue weighted by Gasteiger charge is 2.35. The highest BCUT2D eigenvalue weighted by molar-refractivity contribution is 7.89. The van der Waals surface area contributed by atoms with Crippen LogP contribution in [0.15, 0.2) is 53.4 Å². The number of rotatable bonds is 4. The maximum Gasteiger partial charge on any atom is 0.243 e. The van der Waals surface area contributed by atoms with Gasteiger partial charge in [0.1, 0.15) is 0 Å². The second-order valence-corrected chi connectivity index (χ2v) is 8.31. The topological polar surface area (TPSA) is 37.4 Å². The summed E-state index contributed by atoms with van der Waals surface area (Å²) in [5, 5.41) is 0. The third-order valence-corrected chi connectivity index (χ3v) is 6.46. The van der Waals surface area contributed by atoms with Crippen molar-refractivity contribution in [1.29, 1.82) is 0 Å². The summed E-state index contributed by atoms with van der Waals surface area (Å²) in [4.78, 5) is 0.410. The van der Waals surface area contributed by atoms with Gasteiger partial charge in [-0.05, 0) is 56.4 Å². The molecule has 0 aliphatic carbocycles. The molecule has 1 unspecified atom stereocenters. The first kappa shape index (κ1) is 16.2. The Morgan fingerprint density at radius 3 is 2.48 bits per heavy atom. The van der Waals surface area contributed by atoms with Gasteiger partial charge in [0.25, 0.3) is 0 Å². The van der Waals surface area contributed by atoms with Gasteiger partial charge in [0.05, 0.1) is 4.90 Å². The van der Waals surface area contributed by atoms with Crippen LogP contribution in [0.3, 0.4) is 0 Å². The lowest BCUT2D eigenvalue weighted by molar-refractivity contribution is 0.385. The second-order valence-electron chi connectivity index (χ2n) is 6.42. The average Bonchev–Trinajstić information content (AvgIpc) is 2.98. The van der Waals surface area contributed by atoms with E-state index < -0.39 is 10.0 Å². The molecular weight excluding hydrogens is 306 g/mol. The standard InChI is InChI=1S/C19H23NO2S/c1-15-8-10-17(11-9-15)14-18-6-4-12-20(18)23(21,22)19-7-3-5-16(2)13-19/h3,5,7-11,13,18H,4,6,12,14H2,1-2H3. The van der Waals surface area contributed by atoms with Crippen LogP contribution >= 0.6 is 0 Å². The van der Waals surface area contributed by atoms with Gasteiger partial charge in [-0.25, -0.2) is 8.42 Å². The summed E-state index contributed by atoms with van der Waals surface area (Å²) in [6.45, 7) is 4.60. The predicted molar refractivity (Wildman–Crippen MR) is 93.0 cm³/mol. The van der Waals surface area contributed by atoms with Gasteiger partial charge in [-0.15, -0.1) is 0 Å². The minimum absolute atomic E-state index is 0.0585. The van der Waals surface area contributed by atoms with Crippen LogP contribution in [0.1, 0.15) is 29.5 Å². The Labute approximate surface area is 139 Å². The Morgan fingerprint density at radius 2 is 1.78 bits per heavy atom. The Balaban J connectivity index is 1.84. The molecule has 0 spiro atoms. The zero-order valence-corrected chi connectivity index (χ0v) is 14.5. The molecule has 1 aliphatic heterocycles. The van der Waals surface area contributed by atoms with Crippen molar-refractivity contribution in [2.75, 3.05) is 6.54 Å². The summed E-state index contributed by atoms with van der Waals surface area (Å²) in [7, 11) is -3.41. The van der Waals surface area contributed by atoms with Crippen molar-refractivity contribution in [2.24, 2.45) is 0 Å². The zero-order valence-electron chi connectivity index (χ0n) is 13.7. The van der Waals surface area contributed by atoms with Crippen molar-refractivity contribution in [3.63, 3.8) is 0 Å². The van der Waals surface area contributed by atoms with Crippen molar-refractivity contribution >= 4 is 10.0 Å². The maximum atomic E-state index is 13.0. The monoisotopic (exact) mass is 329 g/mol. The Kier molecular flexibility index (Phi) is 4.55. The summed E-state index contributed by atoms with van der Waals surface area (Å²) in [6, 6.07) is 15.6. The number of hydrogen-bond acceptors (Lipinski definition) is 2. The predicted octanol–water partition coefficient (Wildman–Crippen LogP) is 3.70. The van der Waals surface area contributed by atoms with E-state index in [9.17, 15) is 8.42 Å². The first-order valence-electron chi connectivity index (χ1n) is 8.11. The first-order chi connectivity index (χ1) is 11.0. The van der Waals surface area contributed by atoms with Crippen LogP contribution in [-0.4, -0.2) is 25.3 Å². The van der Waals surface area contributed by atoms with Crippen LogP contribution in [-0.2, 0) is 16.4 Å². The molecule has 1 fully saturated rings. The van der Waals surface area contributed by atoms with Gasteiger partial charge in [0.2, 0.25) is 10.0 Å². The number of sulfonamides is 1. The van der Waals surface area contributed by atoms with Gasteiger partial charge in [0, 0.05) is 12.6 Å². The van der Waals surface area contributed by atoms with E-state index in [1.807, 2.05) is 19.1 Å². The van der Waals surface area contributed by atoms with E-state index in [-0.39, 0.29) is 6.04 Å². The summed E-state index contributed by atoms with van der Waals surface area (Å²) in [5.41, 5.74) is 3.40. The van der Waals surface area contributed by atoms with Crippen molar-refractivity contribution in [2.45, 2.75) is 44.0 Å². The molecule has 2 aromatic carbocycles. The minimum atomic E-state index is -3.41. The maximum absolute atomic E-state index is 13.0. The summed E-state index contributed by atoms with van der Waals surface area (Å²) in [5.74, 6) is 0. The lowest BCUT2D eigenvalue weighted by atomic mass is 10.0. The molecule has 1 aliphatic rings. The quantitative estimate of drug-likeness (QED) is 0.858. The Morgan fingerprint density at radius 1 is 1.04 bits per heavy atom. The fourth-order valence-electron chi connectivity index (χ4n) is 3.24. The highest BCUT2D eigenvalue weighted by Crippen LogP contribution is 2.28. The number of hydrogen-bond donors (Lipinski definition) is 0. The first-order valence-corrected chi connectivity index (χ1v) is 9.55. The van der Waals surface area contributed by atoms with E-state index >= 15 is 0 Å². The molecule has 1 heterocycles. The van der Waals surface area contributed by atoms with E-state index in [4.69, 9.17) is 0 Å². The third-order valence-electron chi connectivity index (χ3n) is 4.51. The van der Waals surface area contributed by atoms with E-state index in [1.54, 1.807) is 16.4 Å². The summed E-state index contributed by atoms with van der Waals surface area (Å²) >= 11 is 0. The fourth-order valence-corrected chi connectivity index (χ4v) is 5.04. The van der Waals surface area contributed by atoms with E-state index in [1.165, 1.54) is 11.1 Å². The Bertz CT molecular complexity index is 781. The summed E-state index contributed by atoms with van der Waals surface area (Å²) in [6.07, 6.45) is 2.64.